The van der Waals surface area contributed by atoms with E-state index in [2.05, 4.69) is 15.3 Å². The maximum absolute atomic E-state index is 12.7. The van der Waals surface area contributed by atoms with Crippen LogP contribution in [0.3, 0.4) is 0 Å². The number of H-pyrrole nitrogens is 1. The average molecular weight is 453 g/mol. The van der Waals surface area contributed by atoms with Gasteiger partial charge in [-0.05, 0) is 60.7 Å². The third-order valence-electron chi connectivity index (χ3n) is 5.22. The number of halogens is 1. The normalized spacial score (nSPS) is 14.9. The zero-order valence-electron chi connectivity index (χ0n) is 16.2. The second kappa shape index (κ2) is 7.40. The molecule has 5 rings (SSSR count). The summed E-state index contributed by atoms with van der Waals surface area (Å²) in [5, 5.41) is 4.38. The Labute approximate surface area is 183 Å². The minimum absolute atomic E-state index is 0.153. The molecule has 3 heterocycles. The Bertz CT molecular complexity index is 1410. The summed E-state index contributed by atoms with van der Waals surface area (Å²) < 4.78 is 24.8. The van der Waals surface area contributed by atoms with Gasteiger partial charge in [-0.25, -0.2) is 13.4 Å². The molecule has 0 bridgehead atoms. The van der Waals surface area contributed by atoms with Gasteiger partial charge in [-0.1, -0.05) is 11.6 Å². The number of nitrogens with zero attached hydrogens (tertiary/aromatic N) is 2. The summed E-state index contributed by atoms with van der Waals surface area (Å²) in [5.41, 5.74) is 3.71. The number of nitrogens with one attached hydrogen (secondary N) is 2. The van der Waals surface area contributed by atoms with Crippen LogP contribution in [0.5, 0.6) is 0 Å². The van der Waals surface area contributed by atoms with E-state index in [0.717, 1.165) is 11.0 Å². The fraction of sp³-hybridized carbons (Fsp3) is 0.0909. The van der Waals surface area contributed by atoms with E-state index in [4.69, 9.17) is 11.6 Å². The highest BCUT2D eigenvalue weighted by Gasteiger charge is 2.32. The van der Waals surface area contributed by atoms with E-state index in [1.54, 1.807) is 42.5 Å². The zero-order valence-corrected chi connectivity index (χ0v) is 17.7. The predicted molar refractivity (Wildman–Crippen MR) is 122 cm³/mol. The molecule has 9 heteroatoms. The van der Waals surface area contributed by atoms with Crippen molar-refractivity contribution in [2.75, 3.05) is 21.9 Å². The predicted octanol–water partition coefficient (Wildman–Crippen LogP) is 4.29. The van der Waals surface area contributed by atoms with Gasteiger partial charge in [-0.15, -0.1) is 0 Å². The summed E-state index contributed by atoms with van der Waals surface area (Å²) in [4.78, 5) is 20.4. The number of carbonyl (C=O) groups is 1. The zero-order chi connectivity index (χ0) is 21.6. The van der Waals surface area contributed by atoms with Crippen LogP contribution in [0.25, 0.3) is 22.3 Å². The molecule has 1 saturated heterocycles. The molecule has 1 amide bonds. The molecule has 2 N–H and O–H groups in total. The lowest BCUT2D eigenvalue weighted by molar-refractivity contribution is 0.102. The van der Waals surface area contributed by atoms with Gasteiger partial charge in [-0.2, -0.15) is 0 Å². The number of pyridine rings is 1. The number of aromatic nitrogens is 2. The van der Waals surface area contributed by atoms with Crippen LogP contribution in [0.4, 0.5) is 11.4 Å². The Balaban J connectivity index is 1.37. The molecular formula is C22H17ClN4O3S. The highest BCUT2D eigenvalue weighted by molar-refractivity contribution is 7.94. The van der Waals surface area contributed by atoms with E-state index >= 15 is 0 Å². The first-order valence-electron chi connectivity index (χ1n) is 9.57. The molecule has 2 aromatic carbocycles. The number of rotatable bonds is 4. The van der Waals surface area contributed by atoms with Crippen molar-refractivity contribution in [1.29, 1.82) is 0 Å². The minimum atomic E-state index is -3.19. The molecule has 0 radical (unpaired) electrons. The minimum Gasteiger partial charge on any atom is -0.346 e. The topological polar surface area (TPSA) is 95.2 Å². The van der Waals surface area contributed by atoms with Gasteiger partial charge in [0.2, 0.25) is 10.0 Å². The van der Waals surface area contributed by atoms with Crippen LogP contribution in [0.15, 0.2) is 66.9 Å². The molecule has 1 aliphatic heterocycles. The van der Waals surface area contributed by atoms with E-state index in [0.29, 0.717) is 39.8 Å². The molecule has 0 atom stereocenters. The Morgan fingerprint density at radius 2 is 1.87 bits per heavy atom. The summed E-state index contributed by atoms with van der Waals surface area (Å²) in [6.45, 7) is 0.462. The van der Waals surface area contributed by atoms with Crippen LogP contribution in [-0.2, 0) is 10.0 Å². The molecule has 156 valence electrons. The molecule has 0 unspecified atom stereocenters. The molecular weight excluding hydrogens is 436 g/mol. The smallest absolute Gasteiger partial charge is 0.255 e. The number of anilines is 2. The van der Waals surface area contributed by atoms with Crippen LogP contribution in [-0.4, -0.2) is 36.6 Å². The maximum atomic E-state index is 12.7. The maximum Gasteiger partial charge on any atom is 0.255 e. The van der Waals surface area contributed by atoms with Crippen molar-refractivity contribution in [3.8, 4) is 11.3 Å². The second-order valence-corrected chi connectivity index (χ2v) is 9.62. The SMILES string of the molecule is O=C(Nc1ccc(Cl)c(-c2ccc3cc[nH]c3n2)c1)c1ccc(N2CCS2(=O)=O)cc1. The third kappa shape index (κ3) is 3.64. The van der Waals surface area contributed by atoms with Crippen molar-refractivity contribution in [2.24, 2.45) is 0 Å². The van der Waals surface area contributed by atoms with Crippen molar-refractivity contribution in [3.05, 3.63) is 77.4 Å². The Kier molecular flexibility index (Phi) is 4.68. The number of benzene rings is 2. The lowest BCUT2D eigenvalue weighted by atomic mass is 10.1. The van der Waals surface area contributed by atoms with E-state index in [-0.39, 0.29) is 11.7 Å². The molecule has 1 fully saturated rings. The van der Waals surface area contributed by atoms with Gasteiger partial charge in [0.1, 0.15) is 5.65 Å². The van der Waals surface area contributed by atoms with Crippen molar-refractivity contribution in [2.45, 2.75) is 0 Å². The highest BCUT2D eigenvalue weighted by Crippen LogP contribution is 2.31. The lowest BCUT2D eigenvalue weighted by Gasteiger charge is -2.32. The summed E-state index contributed by atoms with van der Waals surface area (Å²) in [6.07, 6.45) is 1.82. The van der Waals surface area contributed by atoms with E-state index in [1.165, 1.54) is 4.31 Å². The molecule has 1 aliphatic rings. The first kappa shape index (κ1) is 19.6. The number of carbonyl (C=O) groups excluding carboxylic acids is 1. The number of aromatic amines is 1. The molecule has 7 nitrogen and oxygen atoms in total. The van der Waals surface area contributed by atoms with Gasteiger partial charge in [0, 0.05) is 34.9 Å². The van der Waals surface area contributed by atoms with Crippen LogP contribution in [0, 0.1) is 0 Å². The van der Waals surface area contributed by atoms with Gasteiger partial charge < -0.3 is 10.3 Å². The molecule has 0 spiro atoms. The van der Waals surface area contributed by atoms with E-state index in [1.807, 2.05) is 24.4 Å². The number of hydrogen-bond donors (Lipinski definition) is 2. The van der Waals surface area contributed by atoms with Crippen molar-refractivity contribution < 1.29 is 13.2 Å². The Hall–Kier alpha value is -3.36. The van der Waals surface area contributed by atoms with Crippen LogP contribution in [0.1, 0.15) is 10.4 Å². The van der Waals surface area contributed by atoms with Gasteiger partial charge in [0.15, 0.2) is 0 Å². The van der Waals surface area contributed by atoms with E-state index < -0.39 is 10.0 Å². The Morgan fingerprint density at radius 1 is 1.06 bits per heavy atom. The molecule has 0 aliphatic carbocycles. The summed E-state index contributed by atoms with van der Waals surface area (Å²) in [6, 6.07) is 17.5. The van der Waals surface area contributed by atoms with Crippen molar-refractivity contribution >= 4 is 49.9 Å². The third-order valence-corrected chi connectivity index (χ3v) is 7.31. The second-order valence-electron chi connectivity index (χ2n) is 7.20. The Morgan fingerprint density at radius 3 is 2.58 bits per heavy atom. The first-order chi connectivity index (χ1) is 14.9. The molecule has 4 aromatic rings. The monoisotopic (exact) mass is 452 g/mol. The van der Waals surface area contributed by atoms with Crippen LogP contribution in [0.2, 0.25) is 5.02 Å². The van der Waals surface area contributed by atoms with Crippen molar-refractivity contribution in [1.82, 2.24) is 9.97 Å². The van der Waals surface area contributed by atoms with Gasteiger partial charge >= 0.3 is 0 Å². The lowest BCUT2D eigenvalue weighted by Crippen LogP contribution is -2.47. The summed E-state index contributed by atoms with van der Waals surface area (Å²) in [7, 11) is -3.19. The van der Waals surface area contributed by atoms with E-state index in [9.17, 15) is 13.2 Å². The number of hydrogen-bond acceptors (Lipinski definition) is 4. The molecule has 31 heavy (non-hydrogen) atoms. The first-order valence-corrected chi connectivity index (χ1v) is 11.6. The largest absolute Gasteiger partial charge is 0.346 e. The molecule has 0 saturated carbocycles. The fourth-order valence-corrected chi connectivity index (χ4v) is 4.80. The van der Waals surface area contributed by atoms with Gasteiger partial charge in [0.05, 0.1) is 22.2 Å². The summed E-state index contributed by atoms with van der Waals surface area (Å²) in [5.74, 6) is -0.154. The number of fused-ring (bicyclic) bond motifs is 1. The van der Waals surface area contributed by atoms with Gasteiger partial charge in [0.25, 0.3) is 5.91 Å². The number of sulfonamides is 1. The molecule has 2 aromatic heterocycles. The van der Waals surface area contributed by atoms with Crippen LogP contribution >= 0.6 is 11.6 Å². The standard InChI is InChI=1S/C22H17ClN4O3S/c23-19-7-4-16(13-18(19)20-8-3-14-9-10-24-21(14)26-20)25-22(28)15-1-5-17(6-2-15)27-11-12-31(27,29)30/h1-10,13H,11-12H2,(H,24,26)(H,25,28). The van der Waals surface area contributed by atoms with Crippen molar-refractivity contribution in [3.63, 3.8) is 0 Å². The van der Waals surface area contributed by atoms with Crippen LogP contribution < -0.4 is 9.62 Å². The quantitative estimate of drug-likeness (QED) is 0.483. The number of amides is 1. The summed E-state index contributed by atoms with van der Waals surface area (Å²) >= 11 is 6.38. The fourth-order valence-electron chi connectivity index (χ4n) is 3.48. The average Bonchev–Trinajstić information content (AvgIpc) is 3.23. The highest BCUT2D eigenvalue weighted by atomic mass is 35.5. The van der Waals surface area contributed by atoms with Gasteiger partial charge in [-0.3, -0.25) is 9.10 Å².